The number of esters is 1. The predicted octanol–water partition coefficient (Wildman–Crippen LogP) is 0.532. The number of aromatic nitrogens is 2. The van der Waals surface area contributed by atoms with E-state index in [0.29, 0.717) is 18.6 Å². The Labute approximate surface area is 195 Å². The lowest BCUT2D eigenvalue weighted by atomic mass is 10.1. The molecule has 0 aliphatic rings. The van der Waals surface area contributed by atoms with Crippen LogP contribution in [0.25, 0.3) is 0 Å². The lowest BCUT2D eigenvalue weighted by Crippen LogP contribution is -2.42. The van der Waals surface area contributed by atoms with Gasteiger partial charge >= 0.3 is 5.97 Å². The highest BCUT2D eigenvalue weighted by Crippen LogP contribution is 2.19. The molecule has 2 rings (SSSR count). The molecule has 1 aromatic carbocycles. The second kappa shape index (κ2) is 11.8. The van der Waals surface area contributed by atoms with E-state index in [1.54, 1.807) is 12.1 Å². The van der Waals surface area contributed by atoms with E-state index in [-0.39, 0.29) is 35.6 Å². The minimum atomic E-state index is -0.854. The first-order valence-electron chi connectivity index (χ1n) is 9.93. The van der Waals surface area contributed by atoms with Crippen LogP contribution in [-0.2, 0) is 16.0 Å². The molecule has 0 aliphatic carbocycles. The Morgan fingerprint density at radius 1 is 1.15 bits per heavy atom. The first-order valence-corrected chi connectivity index (χ1v) is 10.3. The molecule has 1 atom stereocenters. The van der Waals surface area contributed by atoms with Crippen molar-refractivity contribution in [3.63, 3.8) is 0 Å². The Balaban J connectivity index is 1.87. The van der Waals surface area contributed by atoms with Crippen LogP contribution in [0.15, 0.2) is 24.3 Å². The zero-order valence-electron chi connectivity index (χ0n) is 18.1. The van der Waals surface area contributed by atoms with Gasteiger partial charge in [-0.1, -0.05) is 23.7 Å². The Bertz CT molecular complexity index is 1000. The number of unbranched alkanes of at least 4 members (excludes halogenated alkanes) is 1. The molecule has 0 bridgehead atoms. The summed E-state index contributed by atoms with van der Waals surface area (Å²) in [4.78, 5) is 32.7. The normalized spacial score (nSPS) is 11.5. The van der Waals surface area contributed by atoms with Crippen LogP contribution in [0, 0.1) is 5.41 Å². The molecule has 0 saturated heterocycles. The van der Waals surface area contributed by atoms with E-state index >= 15 is 0 Å². The topological polar surface area (TPSA) is 210 Å². The highest BCUT2D eigenvalue weighted by atomic mass is 35.5. The van der Waals surface area contributed by atoms with Gasteiger partial charge in [-0.3, -0.25) is 19.9 Å². The third-order valence-corrected chi connectivity index (χ3v) is 4.88. The van der Waals surface area contributed by atoms with Crippen LogP contribution in [0.2, 0.25) is 5.15 Å². The number of anilines is 2. The lowest BCUT2D eigenvalue weighted by Gasteiger charge is -2.20. The highest BCUT2D eigenvalue weighted by Gasteiger charge is 2.24. The van der Waals surface area contributed by atoms with E-state index in [0.717, 1.165) is 16.9 Å². The Morgan fingerprint density at radius 2 is 1.82 bits per heavy atom. The molecule has 1 amide bonds. The van der Waals surface area contributed by atoms with Gasteiger partial charge in [0, 0.05) is 6.54 Å². The van der Waals surface area contributed by atoms with E-state index in [2.05, 4.69) is 14.7 Å². The fourth-order valence-corrected chi connectivity index (χ4v) is 2.94. The fraction of sp³-hybridized carbons (Fsp3) is 0.350. The molecule has 0 spiro atoms. The van der Waals surface area contributed by atoms with E-state index in [1.165, 1.54) is 7.11 Å². The maximum absolute atomic E-state index is 12.7. The summed E-state index contributed by atoms with van der Waals surface area (Å²) < 4.78 is 10.0. The van der Waals surface area contributed by atoms with Gasteiger partial charge in [-0.05, 0) is 37.0 Å². The molecule has 0 fully saturated rings. The van der Waals surface area contributed by atoms with Gasteiger partial charge in [0.05, 0.1) is 7.11 Å². The maximum Gasteiger partial charge on any atom is 0.326 e. The number of nitrogens with zero attached hydrogens (tertiary/aromatic N) is 3. The summed E-state index contributed by atoms with van der Waals surface area (Å²) in [7, 11) is 1.26. The Morgan fingerprint density at radius 3 is 2.42 bits per heavy atom. The average molecular weight is 479 g/mol. The third kappa shape index (κ3) is 7.19. The van der Waals surface area contributed by atoms with Gasteiger partial charge in [-0.25, -0.2) is 9.97 Å². The molecule has 12 nitrogen and oxygen atoms in total. The molecule has 2 aromatic rings. The molecule has 178 valence electrons. The number of hydrogen-bond acceptors (Lipinski definition) is 10. The van der Waals surface area contributed by atoms with Gasteiger partial charge in [0.2, 0.25) is 0 Å². The first kappa shape index (κ1) is 25.6. The SMILES string of the molecule is COC(=O)C(N)COc1ccc(CCCCN(C(=N)N)C(=O)c2nc(Cl)c(N)nc2N)cc1. The lowest BCUT2D eigenvalue weighted by molar-refractivity contribution is -0.142. The van der Waals surface area contributed by atoms with Crippen molar-refractivity contribution >= 4 is 41.1 Å². The summed E-state index contributed by atoms with van der Waals surface area (Å²) in [5, 5.41) is 7.56. The van der Waals surface area contributed by atoms with E-state index in [9.17, 15) is 9.59 Å². The molecule has 1 heterocycles. The number of guanidine groups is 1. The number of methoxy groups -OCH3 is 1. The number of ether oxygens (including phenoxy) is 2. The molecular formula is C20H27ClN8O4. The zero-order valence-corrected chi connectivity index (χ0v) is 18.8. The Hall–Kier alpha value is -3.64. The van der Waals surface area contributed by atoms with Crippen molar-refractivity contribution in [1.29, 1.82) is 5.41 Å². The third-order valence-electron chi connectivity index (χ3n) is 4.60. The first-order chi connectivity index (χ1) is 15.6. The quantitative estimate of drug-likeness (QED) is 0.138. The zero-order chi connectivity index (χ0) is 24.5. The smallest absolute Gasteiger partial charge is 0.326 e. The van der Waals surface area contributed by atoms with Crippen LogP contribution >= 0.6 is 11.6 Å². The summed E-state index contributed by atoms with van der Waals surface area (Å²) in [6.45, 7) is 0.193. The summed E-state index contributed by atoms with van der Waals surface area (Å²) >= 11 is 5.83. The van der Waals surface area contributed by atoms with Crippen molar-refractivity contribution in [2.45, 2.75) is 25.3 Å². The highest BCUT2D eigenvalue weighted by molar-refractivity contribution is 6.31. The largest absolute Gasteiger partial charge is 0.491 e. The maximum atomic E-state index is 12.7. The number of carbonyl (C=O) groups is 2. The second-order valence-corrected chi connectivity index (χ2v) is 7.38. The van der Waals surface area contributed by atoms with Gasteiger partial charge in [0.1, 0.15) is 18.4 Å². The monoisotopic (exact) mass is 478 g/mol. The van der Waals surface area contributed by atoms with Gasteiger partial charge in [0.15, 0.2) is 28.4 Å². The van der Waals surface area contributed by atoms with Crippen LogP contribution in [-0.4, -0.2) is 59.0 Å². The minimum Gasteiger partial charge on any atom is -0.491 e. The number of halogens is 1. The van der Waals surface area contributed by atoms with Crippen LogP contribution < -0.4 is 27.7 Å². The number of benzene rings is 1. The number of rotatable bonds is 10. The van der Waals surface area contributed by atoms with E-state index in [1.807, 2.05) is 12.1 Å². The minimum absolute atomic E-state index is 0.00897. The standard InChI is InChI=1S/C20H27ClN8O4/c1-32-19(31)13(22)10-33-12-7-5-11(6-8-12)4-2-3-9-29(20(25)26)18(30)14-16(23)28-17(24)15(21)27-14/h5-8,13H,2-4,9-10,22H2,1H3,(H3,25,26)(H4,23,24,28). The molecule has 33 heavy (non-hydrogen) atoms. The van der Waals surface area contributed by atoms with Crippen LogP contribution in [0.4, 0.5) is 11.6 Å². The molecule has 1 unspecified atom stereocenters. The van der Waals surface area contributed by atoms with Crippen LogP contribution in [0.3, 0.4) is 0 Å². The van der Waals surface area contributed by atoms with Gasteiger partial charge in [0.25, 0.3) is 5.91 Å². The number of hydrogen-bond donors (Lipinski definition) is 5. The van der Waals surface area contributed by atoms with Gasteiger partial charge in [-0.15, -0.1) is 0 Å². The number of carbonyl (C=O) groups excluding carboxylic acids is 2. The van der Waals surface area contributed by atoms with Crippen molar-refractivity contribution in [2.75, 3.05) is 31.7 Å². The van der Waals surface area contributed by atoms with E-state index < -0.39 is 23.9 Å². The summed E-state index contributed by atoms with van der Waals surface area (Å²) in [5.41, 5.74) is 23.3. The molecule has 1 aromatic heterocycles. The van der Waals surface area contributed by atoms with Crippen LogP contribution in [0.5, 0.6) is 5.75 Å². The van der Waals surface area contributed by atoms with E-state index in [4.69, 9.17) is 44.7 Å². The van der Waals surface area contributed by atoms with Crippen LogP contribution in [0.1, 0.15) is 28.9 Å². The van der Waals surface area contributed by atoms with Crippen molar-refractivity contribution in [2.24, 2.45) is 11.5 Å². The van der Waals surface area contributed by atoms with Crippen molar-refractivity contribution in [3.8, 4) is 5.75 Å². The Kier molecular flexibility index (Phi) is 9.18. The number of amides is 1. The number of nitrogens with two attached hydrogens (primary N) is 4. The van der Waals surface area contributed by atoms with Gasteiger partial charge in [-0.2, -0.15) is 0 Å². The number of nitrogens with one attached hydrogen (secondary N) is 1. The summed E-state index contributed by atoms with van der Waals surface area (Å²) in [6.07, 6.45) is 2.00. The second-order valence-electron chi connectivity index (χ2n) is 7.02. The number of nitrogen functional groups attached to an aromatic ring is 2. The van der Waals surface area contributed by atoms with Gasteiger partial charge < -0.3 is 32.4 Å². The molecule has 0 aliphatic heterocycles. The van der Waals surface area contributed by atoms with Crippen molar-refractivity contribution in [1.82, 2.24) is 14.9 Å². The number of aryl methyl sites for hydroxylation is 1. The predicted molar refractivity (Wildman–Crippen MR) is 124 cm³/mol. The summed E-state index contributed by atoms with van der Waals surface area (Å²) in [6, 6.07) is 6.47. The molecule has 0 radical (unpaired) electrons. The summed E-state index contributed by atoms with van der Waals surface area (Å²) in [5.74, 6) is -1.38. The fourth-order valence-electron chi connectivity index (χ4n) is 2.81. The molecule has 9 N–H and O–H groups in total. The van der Waals surface area contributed by atoms with Crippen molar-refractivity contribution < 1.29 is 19.1 Å². The molecule has 0 saturated carbocycles. The van der Waals surface area contributed by atoms with Crippen molar-refractivity contribution in [3.05, 3.63) is 40.7 Å². The molecular weight excluding hydrogens is 452 g/mol. The molecule has 13 heteroatoms. The average Bonchev–Trinajstić information content (AvgIpc) is 2.79.